The molecular weight excluding hydrogens is 318 g/mol. The van der Waals surface area contributed by atoms with E-state index in [2.05, 4.69) is 15.4 Å². The summed E-state index contributed by atoms with van der Waals surface area (Å²) in [5, 5.41) is 10.5. The van der Waals surface area contributed by atoms with Crippen LogP contribution in [-0.4, -0.2) is 28.0 Å². The van der Waals surface area contributed by atoms with Crippen LogP contribution in [0, 0.1) is 13.8 Å². The van der Waals surface area contributed by atoms with Crippen LogP contribution in [0.4, 0.5) is 0 Å². The summed E-state index contributed by atoms with van der Waals surface area (Å²) in [6, 6.07) is 13.3. The molecule has 0 saturated heterocycles. The van der Waals surface area contributed by atoms with Gasteiger partial charge in [-0.3, -0.25) is 0 Å². The molecule has 2 aromatic carbocycles. The first-order valence-corrected chi connectivity index (χ1v) is 8.02. The summed E-state index contributed by atoms with van der Waals surface area (Å²) in [6.07, 6.45) is 0. The van der Waals surface area contributed by atoms with Crippen LogP contribution in [0.5, 0.6) is 11.5 Å². The molecule has 0 spiro atoms. The average molecular weight is 337 g/mol. The summed E-state index contributed by atoms with van der Waals surface area (Å²) in [7, 11) is 0. The molecule has 0 unspecified atom stereocenters. The van der Waals surface area contributed by atoms with Gasteiger partial charge in [0.15, 0.2) is 5.69 Å². The third kappa shape index (κ3) is 3.52. The minimum Gasteiger partial charge on any atom is -0.461 e. The summed E-state index contributed by atoms with van der Waals surface area (Å²) in [5.41, 5.74) is 3.54. The number of aryl methyl sites for hydroxylation is 2. The molecule has 1 heterocycles. The molecule has 3 aromatic rings. The number of aromatic nitrogens is 3. The quantitative estimate of drug-likeness (QED) is 0.711. The van der Waals surface area contributed by atoms with Crippen LogP contribution in [0.3, 0.4) is 0 Å². The van der Waals surface area contributed by atoms with Crippen molar-refractivity contribution >= 4 is 5.97 Å². The van der Waals surface area contributed by atoms with Crippen LogP contribution < -0.4 is 4.74 Å². The zero-order valence-corrected chi connectivity index (χ0v) is 14.4. The predicted octanol–water partition coefficient (Wildman–Crippen LogP) is 4.06. The van der Waals surface area contributed by atoms with Crippen LogP contribution in [0.2, 0.25) is 0 Å². The van der Waals surface area contributed by atoms with Gasteiger partial charge < -0.3 is 9.47 Å². The molecule has 0 fully saturated rings. The minimum absolute atomic E-state index is 0.137. The van der Waals surface area contributed by atoms with Crippen molar-refractivity contribution in [3.05, 3.63) is 59.3 Å². The van der Waals surface area contributed by atoms with Crippen LogP contribution in [0.25, 0.3) is 11.3 Å². The number of hydrogen-bond donors (Lipinski definition) is 1. The Hall–Kier alpha value is -3.15. The lowest BCUT2D eigenvalue weighted by Gasteiger charge is -2.11. The smallest absolute Gasteiger partial charge is 0.361 e. The highest BCUT2D eigenvalue weighted by atomic mass is 16.5. The third-order valence-corrected chi connectivity index (χ3v) is 3.87. The van der Waals surface area contributed by atoms with Gasteiger partial charge in [0.25, 0.3) is 0 Å². The Kier molecular flexibility index (Phi) is 4.79. The SMILES string of the molecule is CCOC(=O)c1n[nH]nc1-c1ccccc1Oc1ccc(C)c(C)c1. The first-order valence-electron chi connectivity index (χ1n) is 8.02. The van der Waals surface area contributed by atoms with Gasteiger partial charge in [-0.2, -0.15) is 10.3 Å². The van der Waals surface area contributed by atoms with E-state index in [4.69, 9.17) is 9.47 Å². The maximum Gasteiger partial charge on any atom is 0.361 e. The zero-order valence-electron chi connectivity index (χ0n) is 14.4. The number of aromatic amines is 1. The number of ether oxygens (including phenoxy) is 2. The first-order chi connectivity index (χ1) is 12.1. The lowest BCUT2D eigenvalue weighted by molar-refractivity contribution is 0.0520. The summed E-state index contributed by atoms with van der Waals surface area (Å²) in [4.78, 5) is 12.1. The second kappa shape index (κ2) is 7.17. The number of carbonyl (C=O) groups excluding carboxylic acids is 1. The zero-order chi connectivity index (χ0) is 17.8. The fourth-order valence-corrected chi connectivity index (χ4v) is 2.42. The van der Waals surface area contributed by atoms with E-state index in [-0.39, 0.29) is 12.3 Å². The monoisotopic (exact) mass is 337 g/mol. The van der Waals surface area contributed by atoms with Crippen molar-refractivity contribution in [3.8, 4) is 22.8 Å². The Morgan fingerprint density at radius 3 is 2.64 bits per heavy atom. The van der Waals surface area contributed by atoms with Crippen LogP contribution >= 0.6 is 0 Å². The second-order valence-corrected chi connectivity index (χ2v) is 5.59. The molecule has 6 heteroatoms. The topological polar surface area (TPSA) is 77.1 Å². The van der Waals surface area contributed by atoms with E-state index in [1.165, 1.54) is 5.56 Å². The van der Waals surface area contributed by atoms with Gasteiger partial charge in [0, 0.05) is 5.56 Å². The number of esters is 1. The predicted molar refractivity (Wildman–Crippen MR) is 93.8 cm³/mol. The highest BCUT2D eigenvalue weighted by Crippen LogP contribution is 2.34. The van der Waals surface area contributed by atoms with Crippen molar-refractivity contribution in [1.29, 1.82) is 0 Å². The molecule has 0 bridgehead atoms. The number of rotatable bonds is 5. The molecule has 128 valence electrons. The molecule has 0 amide bonds. The Balaban J connectivity index is 1.98. The maximum absolute atomic E-state index is 12.1. The minimum atomic E-state index is -0.521. The highest BCUT2D eigenvalue weighted by molar-refractivity contribution is 5.94. The van der Waals surface area contributed by atoms with Crippen molar-refractivity contribution in [1.82, 2.24) is 15.4 Å². The summed E-state index contributed by atoms with van der Waals surface area (Å²) in [6.45, 7) is 6.10. The molecule has 25 heavy (non-hydrogen) atoms. The number of carbonyl (C=O) groups is 1. The van der Waals surface area contributed by atoms with Crippen molar-refractivity contribution in [2.24, 2.45) is 0 Å². The molecule has 1 aromatic heterocycles. The maximum atomic E-state index is 12.1. The summed E-state index contributed by atoms with van der Waals surface area (Å²) in [5.74, 6) is 0.786. The molecule has 0 atom stereocenters. The molecule has 0 radical (unpaired) electrons. The molecule has 1 N–H and O–H groups in total. The van der Waals surface area contributed by atoms with Crippen LogP contribution in [-0.2, 0) is 4.74 Å². The molecule has 0 saturated carbocycles. The van der Waals surface area contributed by atoms with Crippen LogP contribution in [0.15, 0.2) is 42.5 Å². The number of nitrogens with zero attached hydrogens (tertiary/aromatic N) is 2. The first kappa shape index (κ1) is 16.7. The molecule has 0 aliphatic rings. The Bertz CT molecular complexity index is 902. The van der Waals surface area contributed by atoms with Gasteiger partial charge in [0.2, 0.25) is 0 Å². The molecule has 6 nitrogen and oxygen atoms in total. The van der Waals surface area contributed by atoms with Gasteiger partial charge in [0.1, 0.15) is 17.2 Å². The molecule has 0 aliphatic heterocycles. The van der Waals surface area contributed by atoms with Crippen LogP contribution in [0.1, 0.15) is 28.5 Å². The second-order valence-electron chi connectivity index (χ2n) is 5.59. The molecule has 3 rings (SSSR count). The number of benzene rings is 2. The number of para-hydroxylation sites is 1. The van der Waals surface area contributed by atoms with Crippen molar-refractivity contribution in [3.63, 3.8) is 0 Å². The highest BCUT2D eigenvalue weighted by Gasteiger charge is 2.21. The van der Waals surface area contributed by atoms with Gasteiger partial charge in [-0.25, -0.2) is 4.79 Å². The van der Waals surface area contributed by atoms with Crippen molar-refractivity contribution in [2.75, 3.05) is 6.61 Å². The molecular formula is C19H19N3O3. The van der Waals surface area contributed by atoms with E-state index >= 15 is 0 Å². The Morgan fingerprint density at radius 2 is 1.88 bits per heavy atom. The summed E-state index contributed by atoms with van der Waals surface area (Å²) < 4.78 is 11.1. The third-order valence-electron chi connectivity index (χ3n) is 3.87. The standard InChI is InChI=1S/C19H19N3O3/c1-4-24-19(23)18-17(20-22-21-18)15-7-5-6-8-16(15)25-14-10-9-12(2)13(3)11-14/h5-11H,4H2,1-3H3,(H,20,21,22). The van der Waals surface area contributed by atoms with E-state index < -0.39 is 5.97 Å². The van der Waals surface area contributed by atoms with E-state index in [0.29, 0.717) is 17.0 Å². The van der Waals surface area contributed by atoms with Gasteiger partial charge >= 0.3 is 5.97 Å². The van der Waals surface area contributed by atoms with Gasteiger partial charge in [-0.1, -0.05) is 18.2 Å². The van der Waals surface area contributed by atoms with Crippen molar-refractivity contribution < 1.29 is 14.3 Å². The largest absolute Gasteiger partial charge is 0.461 e. The van der Waals surface area contributed by atoms with Crippen molar-refractivity contribution in [2.45, 2.75) is 20.8 Å². The van der Waals surface area contributed by atoms with E-state index in [0.717, 1.165) is 11.3 Å². The summed E-state index contributed by atoms with van der Waals surface area (Å²) >= 11 is 0. The number of hydrogen-bond acceptors (Lipinski definition) is 5. The van der Waals surface area contributed by atoms with E-state index in [9.17, 15) is 4.79 Å². The normalized spacial score (nSPS) is 10.5. The van der Waals surface area contributed by atoms with E-state index in [1.807, 2.05) is 56.3 Å². The Morgan fingerprint density at radius 1 is 1.08 bits per heavy atom. The lowest BCUT2D eigenvalue weighted by atomic mass is 10.1. The fourth-order valence-electron chi connectivity index (χ4n) is 2.42. The van der Waals surface area contributed by atoms with Gasteiger partial charge in [-0.15, -0.1) is 5.10 Å². The number of H-pyrrole nitrogens is 1. The fraction of sp³-hybridized carbons (Fsp3) is 0.211. The average Bonchev–Trinajstić information content (AvgIpc) is 3.08. The Labute approximate surface area is 145 Å². The number of nitrogens with one attached hydrogen (secondary N) is 1. The van der Waals surface area contributed by atoms with E-state index in [1.54, 1.807) is 6.92 Å². The lowest BCUT2D eigenvalue weighted by Crippen LogP contribution is -2.07. The molecule has 0 aliphatic carbocycles. The van der Waals surface area contributed by atoms with Gasteiger partial charge in [0.05, 0.1) is 6.61 Å². The van der Waals surface area contributed by atoms with Gasteiger partial charge in [-0.05, 0) is 56.2 Å².